The summed E-state index contributed by atoms with van der Waals surface area (Å²) in [6.07, 6.45) is 0.791. The van der Waals surface area contributed by atoms with Crippen molar-refractivity contribution in [2.75, 3.05) is 51.3 Å². The van der Waals surface area contributed by atoms with Crippen molar-refractivity contribution in [1.82, 2.24) is 9.62 Å². The van der Waals surface area contributed by atoms with Gasteiger partial charge in [0.05, 0.1) is 12.0 Å². The van der Waals surface area contributed by atoms with Crippen molar-refractivity contribution >= 4 is 15.7 Å². The van der Waals surface area contributed by atoms with E-state index in [0.717, 1.165) is 39.1 Å². The van der Waals surface area contributed by atoms with Gasteiger partial charge in [-0.3, -0.25) is 4.90 Å². The summed E-state index contributed by atoms with van der Waals surface area (Å²) < 4.78 is 32.4. The molecule has 6 nitrogen and oxygen atoms in total. The summed E-state index contributed by atoms with van der Waals surface area (Å²) in [4.78, 5) is 5.07. The molecule has 28 heavy (non-hydrogen) atoms. The number of rotatable bonds is 8. The van der Waals surface area contributed by atoms with Crippen LogP contribution in [-0.2, 0) is 10.0 Å². The lowest BCUT2D eigenvalue weighted by molar-refractivity contribution is 0.255. The standard InChI is InChI=1S/C21H29N3O3S/c1-18-5-3-6-19(17-18)24-15-13-23(14-16-24)12-4-11-22-28(25,26)21-9-7-20(27-2)8-10-21/h3,5-10,17,22H,4,11-16H2,1-2H3. The molecule has 7 heteroatoms. The highest BCUT2D eigenvalue weighted by atomic mass is 32.2. The van der Waals surface area contributed by atoms with Crippen LogP contribution in [-0.4, -0.2) is 59.7 Å². The van der Waals surface area contributed by atoms with Gasteiger partial charge in [-0.15, -0.1) is 0 Å². The van der Waals surface area contributed by atoms with Gasteiger partial charge in [-0.2, -0.15) is 0 Å². The van der Waals surface area contributed by atoms with Crippen LogP contribution in [0.15, 0.2) is 53.4 Å². The number of ether oxygens (including phenoxy) is 1. The first-order valence-corrected chi connectivity index (χ1v) is 11.1. The van der Waals surface area contributed by atoms with Crippen molar-refractivity contribution in [2.24, 2.45) is 0 Å². The second-order valence-electron chi connectivity index (χ2n) is 7.09. The molecule has 0 spiro atoms. The van der Waals surface area contributed by atoms with E-state index >= 15 is 0 Å². The van der Waals surface area contributed by atoms with Gasteiger partial charge in [-0.1, -0.05) is 12.1 Å². The molecule has 2 aromatic carbocycles. The van der Waals surface area contributed by atoms with Crippen molar-refractivity contribution < 1.29 is 13.2 Å². The zero-order chi connectivity index (χ0) is 20.0. The van der Waals surface area contributed by atoms with Gasteiger partial charge >= 0.3 is 0 Å². The Labute approximate surface area is 168 Å². The lowest BCUT2D eigenvalue weighted by Crippen LogP contribution is -2.47. The highest BCUT2D eigenvalue weighted by molar-refractivity contribution is 7.89. The molecular weight excluding hydrogens is 374 g/mol. The number of nitrogens with zero attached hydrogens (tertiary/aromatic N) is 2. The summed E-state index contributed by atoms with van der Waals surface area (Å²) >= 11 is 0. The monoisotopic (exact) mass is 403 g/mol. The summed E-state index contributed by atoms with van der Waals surface area (Å²) in [7, 11) is -1.91. The second kappa shape index (κ2) is 9.41. The fourth-order valence-corrected chi connectivity index (χ4v) is 4.48. The van der Waals surface area contributed by atoms with E-state index in [9.17, 15) is 8.42 Å². The molecule has 2 aromatic rings. The maximum absolute atomic E-state index is 12.3. The average Bonchev–Trinajstić information content (AvgIpc) is 2.72. The van der Waals surface area contributed by atoms with E-state index in [2.05, 4.69) is 45.7 Å². The Morgan fingerprint density at radius 3 is 2.39 bits per heavy atom. The van der Waals surface area contributed by atoms with E-state index < -0.39 is 10.0 Å². The minimum atomic E-state index is -3.47. The molecular formula is C21H29N3O3S. The van der Waals surface area contributed by atoms with Crippen LogP contribution in [0.4, 0.5) is 5.69 Å². The molecule has 0 atom stereocenters. The minimum absolute atomic E-state index is 0.264. The number of nitrogens with one attached hydrogen (secondary N) is 1. The molecule has 1 N–H and O–H groups in total. The molecule has 0 bridgehead atoms. The maximum atomic E-state index is 12.3. The first-order valence-electron chi connectivity index (χ1n) is 9.65. The number of benzene rings is 2. The molecule has 1 fully saturated rings. The normalized spacial score (nSPS) is 15.6. The van der Waals surface area contributed by atoms with Gasteiger partial charge in [0, 0.05) is 38.4 Å². The van der Waals surface area contributed by atoms with E-state index in [1.54, 1.807) is 31.4 Å². The van der Waals surface area contributed by atoms with Crippen molar-refractivity contribution in [3.63, 3.8) is 0 Å². The number of piperazine rings is 1. The van der Waals surface area contributed by atoms with Gasteiger partial charge in [-0.25, -0.2) is 13.1 Å². The van der Waals surface area contributed by atoms with Crippen LogP contribution in [0.5, 0.6) is 5.75 Å². The Bertz CT molecular complexity index is 861. The number of aryl methyl sites for hydroxylation is 1. The second-order valence-corrected chi connectivity index (χ2v) is 8.86. The third-order valence-corrected chi connectivity index (χ3v) is 6.53. The zero-order valence-electron chi connectivity index (χ0n) is 16.6. The number of hydrogen-bond donors (Lipinski definition) is 1. The summed E-state index contributed by atoms with van der Waals surface area (Å²) in [5.41, 5.74) is 2.57. The Morgan fingerprint density at radius 2 is 1.75 bits per heavy atom. The molecule has 152 valence electrons. The van der Waals surface area contributed by atoms with Gasteiger partial charge in [0.1, 0.15) is 5.75 Å². The molecule has 0 aromatic heterocycles. The van der Waals surface area contributed by atoms with Gasteiger partial charge in [-0.05, 0) is 61.9 Å². The highest BCUT2D eigenvalue weighted by Crippen LogP contribution is 2.18. The summed E-state index contributed by atoms with van der Waals surface area (Å²) in [5.74, 6) is 0.642. The largest absolute Gasteiger partial charge is 0.497 e. The van der Waals surface area contributed by atoms with Gasteiger partial charge < -0.3 is 9.64 Å². The SMILES string of the molecule is COc1ccc(S(=O)(=O)NCCCN2CCN(c3cccc(C)c3)CC2)cc1. The molecule has 0 amide bonds. The third kappa shape index (κ3) is 5.47. The Morgan fingerprint density at radius 1 is 1.04 bits per heavy atom. The van der Waals surface area contributed by atoms with Gasteiger partial charge in [0.25, 0.3) is 0 Å². The number of methoxy groups -OCH3 is 1. The van der Waals surface area contributed by atoms with Crippen LogP contribution in [0.25, 0.3) is 0 Å². The number of hydrogen-bond acceptors (Lipinski definition) is 5. The van der Waals surface area contributed by atoms with Crippen LogP contribution in [0, 0.1) is 6.92 Å². The molecule has 1 aliphatic rings. The summed E-state index contributed by atoms with van der Waals surface area (Å²) in [6, 6.07) is 15.0. The zero-order valence-corrected chi connectivity index (χ0v) is 17.4. The summed E-state index contributed by atoms with van der Waals surface area (Å²) in [6.45, 7) is 7.45. The molecule has 1 aliphatic heterocycles. The van der Waals surface area contributed by atoms with Crippen LogP contribution in [0.2, 0.25) is 0 Å². The van der Waals surface area contributed by atoms with Crippen LogP contribution in [0.3, 0.4) is 0 Å². The molecule has 0 unspecified atom stereocenters. The molecule has 0 radical (unpaired) electrons. The first-order chi connectivity index (χ1) is 13.5. The quantitative estimate of drug-likeness (QED) is 0.686. The highest BCUT2D eigenvalue weighted by Gasteiger charge is 2.18. The summed E-state index contributed by atoms with van der Waals surface area (Å²) in [5, 5.41) is 0. The van der Waals surface area contributed by atoms with Crippen molar-refractivity contribution in [1.29, 1.82) is 0 Å². The van der Waals surface area contributed by atoms with E-state index in [1.165, 1.54) is 11.3 Å². The Hall–Kier alpha value is -2.09. The topological polar surface area (TPSA) is 61.9 Å². The van der Waals surface area contributed by atoms with Gasteiger partial charge in [0.2, 0.25) is 10.0 Å². The van der Waals surface area contributed by atoms with E-state index in [1.807, 2.05) is 0 Å². The Balaban J connectivity index is 1.40. The van der Waals surface area contributed by atoms with Crippen LogP contribution >= 0.6 is 0 Å². The minimum Gasteiger partial charge on any atom is -0.497 e. The first kappa shape index (κ1) is 20.6. The predicted molar refractivity (Wildman–Crippen MR) is 113 cm³/mol. The van der Waals surface area contributed by atoms with E-state index in [4.69, 9.17) is 4.74 Å². The van der Waals surface area contributed by atoms with Crippen molar-refractivity contribution in [3.05, 3.63) is 54.1 Å². The lowest BCUT2D eigenvalue weighted by Gasteiger charge is -2.36. The van der Waals surface area contributed by atoms with Gasteiger partial charge in [0.15, 0.2) is 0 Å². The molecule has 0 saturated carbocycles. The lowest BCUT2D eigenvalue weighted by atomic mass is 10.2. The maximum Gasteiger partial charge on any atom is 0.240 e. The fraction of sp³-hybridized carbons (Fsp3) is 0.429. The van der Waals surface area contributed by atoms with Crippen LogP contribution in [0.1, 0.15) is 12.0 Å². The van der Waals surface area contributed by atoms with E-state index in [0.29, 0.717) is 12.3 Å². The molecule has 3 rings (SSSR count). The number of sulfonamides is 1. The van der Waals surface area contributed by atoms with Crippen molar-refractivity contribution in [3.8, 4) is 5.75 Å². The van der Waals surface area contributed by atoms with Crippen molar-refractivity contribution in [2.45, 2.75) is 18.2 Å². The molecule has 1 heterocycles. The smallest absolute Gasteiger partial charge is 0.240 e. The fourth-order valence-electron chi connectivity index (χ4n) is 3.40. The number of anilines is 1. The average molecular weight is 404 g/mol. The third-order valence-electron chi connectivity index (χ3n) is 5.05. The van der Waals surface area contributed by atoms with E-state index in [-0.39, 0.29) is 4.90 Å². The molecule has 1 saturated heterocycles. The molecule has 0 aliphatic carbocycles. The van der Waals surface area contributed by atoms with Crippen LogP contribution < -0.4 is 14.4 Å². The predicted octanol–water partition coefficient (Wildman–Crippen LogP) is 2.49. The Kier molecular flexibility index (Phi) is 6.93.